The summed E-state index contributed by atoms with van der Waals surface area (Å²) in [5.41, 5.74) is 0. The molecule has 0 aliphatic carbocycles. The summed E-state index contributed by atoms with van der Waals surface area (Å²) in [5.74, 6) is -0.236. The number of carbonyl (C=O) groups excluding carboxylic acids is 1. The van der Waals surface area contributed by atoms with Crippen molar-refractivity contribution in [1.82, 2.24) is 4.90 Å². The highest BCUT2D eigenvalue weighted by Crippen LogP contribution is 2.07. The van der Waals surface area contributed by atoms with E-state index in [1.807, 2.05) is 0 Å². The SMILES string of the molecule is CC(C)CCN(CCC(C)C)C(=O)C=CC(=O)O. The van der Waals surface area contributed by atoms with Crippen LogP contribution in [0.1, 0.15) is 40.5 Å². The molecule has 0 spiro atoms. The predicted molar refractivity (Wildman–Crippen MR) is 72.3 cm³/mol. The van der Waals surface area contributed by atoms with Crippen molar-refractivity contribution in [3.05, 3.63) is 12.2 Å². The molecule has 0 bridgehead atoms. The van der Waals surface area contributed by atoms with Gasteiger partial charge in [-0.15, -0.1) is 0 Å². The van der Waals surface area contributed by atoms with Gasteiger partial charge in [0.2, 0.25) is 5.91 Å². The lowest BCUT2D eigenvalue weighted by Gasteiger charge is -2.23. The Morgan fingerprint density at radius 3 is 1.78 bits per heavy atom. The third-order valence-electron chi connectivity index (χ3n) is 2.63. The van der Waals surface area contributed by atoms with E-state index in [0.29, 0.717) is 24.9 Å². The van der Waals surface area contributed by atoms with Crippen LogP contribution in [0, 0.1) is 11.8 Å². The second kappa shape index (κ2) is 8.72. The Labute approximate surface area is 110 Å². The van der Waals surface area contributed by atoms with Gasteiger partial charge in [-0.25, -0.2) is 4.79 Å². The van der Waals surface area contributed by atoms with Crippen molar-refractivity contribution in [3.63, 3.8) is 0 Å². The molecule has 1 amide bonds. The van der Waals surface area contributed by atoms with Gasteiger partial charge in [-0.05, 0) is 24.7 Å². The van der Waals surface area contributed by atoms with Crippen LogP contribution in [-0.2, 0) is 9.59 Å². The predicted octanol–water partition coefficient (Wildman–Crippen LogP) is 2.55. The molecule has 0 aromatic carbocycles. The zero-order valence-corrected chi connectivity index (χ0v) is 11.8. The van der Waals surface area contributed by atoms with Crippen molar-refractivity contribution in [2.24, 2.45) is 11.8 Å². The maximum Gasteiger partial charge on any atom is 0.328 e. The van der Waals surface area contributed by atoms with Gasteiger partial charge in [0.15, 0.2) is 0 Å². The Morgan fingerprint density at radius 2 is 1.44 bits per heavy atom. The standard InChI is InChI=1S/C14H25NO3/c1-11(2)7-9-15(10-8-12(3)4)13(16)5-6-14(17)18/h5-6,11-12H,7-10H2,1-4H3,(H,17,18). The summed E-state index contributed by atoms with van der Waals surface area (Å²) in [6.45, 7) is 9.81. The van der Waals surface area contributed by atoms with Crippen molar-refractivity contribution in [3.8, 4) is 0 Å². The van der Waals surface area contributed by atoms with Gasteiger partial charge in [-0.1, -0.05) is 27.7 Å². The maximum atomic E-state index is 11.8. The Morgan fingerprint density at radius 1 is 1.00 bits per heavy atom. The molecule has 4 heteroatoms. The van der Waals surface area contributed by atoms with Gasteiger partial charge in [-0.3, -0.25) is 4.79 Å². The van der Waals surface area contributed by atoms with Crippen LogP contribution in [0.25, 0.3) is 0 Å². The average Bonchev–Trinajstić information content (AvgIpc) is 2.25. The second-order valence-electron chi connectivity index (χ2n) is 5.36. The number of hydrogen-bond acceptors (Lipinski definition) is 2. The van der Waals surface area contributed by atoms with E-state index in [1.54, 1.807) is 4.90 Å². The molecule has 18 heavy (non-hydrogen) atoms. The van der Waals surface area contributed by atoms with E-state index in [2.05, 4.69) is 27.7 Å². The van der Waals surface area contributed by atoms with E-state index in [0.717, 1.165) is 25.0 Å². The van der Waals surface area contributed by atoms with E-state index < -0.39 is 5.97 Å². The summed E-state index contributed by atoms with van der Waals surface area (Å²) in [6.07, 6.45) is 3.92. The van der Waals surface area contributed by atoms with E-state index in [1.165, 1.54) is 0 Å². The van der Waals surface area contributed by atoms with Gasteiger partial charge >= 0.3 is 5.97 Å². The molecule has 0 heterocycles. The molecule has 0 unspecified atom stereocenters. The highest BCUT2D eigenvalue weighted by molar-refractivity contribution is 5.93. The molecule has 0 aromatic heterocycles. The van der Waals surface area contributed by atoms with Crippen LogP contribution in [0.4, 0.5) is 0 Å². The lowest BCUT2D eigenvalue weighted by atomic mass is 10.1. The molecule has 0 saturated carbocycles. The molecule has 0 aromatic rings. The van der Waals surface area contributed by atoms with Gasteiger partial charge in [-0.2, -0.15) is 0 Å². The number of carboxylic acid groups (broad SMARTS) is 1. The van der Waals surface area contributed by atoms with Crippen molar-refractivity contribution in [1.29, 1.82) is 0 Å². The smallest absolute Gasteiger partial charge is 0.328 e. The third-order valence-corrected chi connectivity index (χ3v) is 2.63. The fourth-order valence-corrected chi connectivity index (χ4v) is 1.41. The monoisotopic (exact) mass is 255 g/mol. The topological polar surface area (TPSA) is 57.6 Å². The summed E-state index contributed by atoms with van der Waals surface area (Å²) >= 11 is 0. The first-order chi connectivity index (χ1) is 8.32. The number of carboxylic acids is 1. The second-order valence-corrected chi connectivity index (χ2v) is 5.36. The molecule has 0 aliphatic rings. The first kappa shape index (κ1) is 16.7. The van der Waals surface area contributed by atoms with Crippen LogP contribution < -0.4 is 0 Å². The largest absolute Gasteiger partial charge is 0.478 e. The number of rotatable bonds is 8. The fourth-order valence-electron chi connectivity index (χ4n) is 1.41. The van der Waals surface area contributed by atoms with Crippen molar-refractivity contribution in [2.75, 3.05) is 13.1 Å². The molecule has 0 rings (SSSR count). The van der Waals surface area contributed by atoms with Gasteiger partial charge in [0.25, 0.3) is 0 Å². The molecule has 0 aliphatic heterocycles. The van der Waals surface area contributed by atoms with Gasteiger partial charge in [0, 0.05) is 25.2 Å². The van der Waals surface area contributed by atoms with Gasteiger partial charge in [0.1, 0.15) is 0 Å². The van der Waals surface area contributed by atoms with Crippen LogP contribution in [0.3, 0.4) is 0 Å². The molecule has 0 fully saturated rings. The number of aliphatic carboxylic acids is 1. The lowest BCUT2D eigenvalue weighted by Crippen LogP contribution is -2.33. The zero-order chi connectivity index (χ0) is 14.1. The molecular weight excluding hydrogens is 230 g/mol. The minimum Gasteiger partial charge on any atom is -0.478 e. The van der Waals surface area contributed by atoms with Crippen molar-refractivity contribution >= 4 is 11.9 Å². The van der Waals surface area contributed by atoms with E-state index >= 15 is 0 Å². The van der Waals surface area contributed by atoms with Crippen LogP contribution >= 0.6 is 0 Å². The van der Waals surface area contributed by atoms with Crippen LogP contribution in [0.15, 0.2) is 12.2 Å². The van der Waals surface area contributed by atoms with Gasteiger partial charge < -0.3 is 10.0 Å². The number of hydrogen-bond donors (Lipinski definition) is 1. The first-order valence-corrected chi connectivity index (χ1v) is 6.52. The number of nitrogens with zero attached hydrogens (tertiary/aromatic N) is 1. The molecule has 0 saturated heterocycles. The zero-order valence-electron chi connectivity index (χ0n) is 11.8. The van der Waals surface area contributed by atoms with Crippen LogP contribution in [0.2, 0.25) is 0 Å². The summed E-state index contributed by atoms with van der Waals surface area (Å²) in [5, 5.41) is 8.52. The first-order valence-electron chi connectivity index (χ1n) is 6.52. The fraction of sp³-hybridized carbons (Fsp3) is 0.714. The minimum atomic E-state index is -1.09. The molecular formula is C14H25NO3. The summed E-state index contributed by atoms with van der Waals surface area (Å²) in [4.78, 5) is 24.0. The summed E-state index contributed by atoms with van der Waals surface area (Å²) in [7, 11) is 0. The Bertz CT molecular complexity index is 283. The Hall–Kier alpha value is -1.32. The van der Waals surface area contributed by atoms with Crippen LogP contribution in [-0.4, -0.2) is 35.0 Å². The Balaban J connectivity index is 4.43. The minimum absolute atomic E-state index is 0.210. The number of carbonyl (C=O) groups is 2. The average molecular weight is 255 g/mol. The van der Waals surface area contributed by atoms with Crippen molar-refractivity contribution < 1.29 is 14.7 Å². The molecule has 4 nitrogen and oxygen atoms in total. The van der Waals surface area contributed by atoms with Crippen LogP contribution in [0.5, 0.6) is 0 Å². The molecule has 0 radical (unpaired) electrons. The van der Waals surface area contributed by atoms with E-state index in [4.69, 9.17) is 5.11 Å². The third kappa shape index (κ3) is 8.79. The molecule has 1 N–H and O–H groups in total. The number of amides is 1. The van der Waals surface area contributed by atoms with Crippen molar-refractivity contribution in [2.45, 2.75) is 40.5 Å². The highest BCUT2D eigenvalue weighted by atomic mass is 16.4. The normalized spacial score (nSPS) is 11.4. The van der Waals surface area contributed by atoms with E-state index in [-0.39, 0.29) is 5.91 Å². The summed E-state index contributed by atoms with van der Waals surface area (Å²) < 4.78 is 0. The quantitative estimate of drug-likeness (QED) is 0.678. The lowest BCUT2D eigenvalue weighted by molar-refractivity contribution is -0.132. The Kier molecular flexibility index (Phi) is 8.08. The van der Waals surface area contributed by atoms with Gasteiger partial charge in [0.05, 0.1) is 0 Å². The summed E-state index contributed by atoms with van der Waals surface area (Å²) in [6, 6.07) is 0. The molecule has 104 valence electrons. The highest BCUT2D eigenvalue weighted by Gasteiger charge is 2.12. The van der Waals surface area contributed by atoms with E-state index in [9.17, 15) is 9.59 Å². The maximum absolute atomic E-state index is 11.8. The molecule has 0 atom stereocenters.